The largest absolute Gasteiger partial charge is 0.394 e. The molecule has 3 fully saturated rings. The fourth-order valence-corrected chi connectivity index (χ4v) is 4.93. The zero-order valence-corrected chi connectivity index (χ0v) is 19.3. The molecular weight excluding hydrogens is 476 g/mol. The van der Waals surface area contributed by atoms with Crippen LogP contribution in [-0.2, 0) is 18.9 Å². The topological polar surface area (TPSA) is 239 Å². The first-order valence-corrected chi connectivity index (χ1v) is 11.7. The fraction of sp³-hybridized carbons (Fsp3) is 1.00. The van der Waals surface area contributed by atoms with Gasteiger partial charge in [-0.05, 0) is 25.7 Å². The van der Waals surface area contributed by atoms with Gasteiger partial charge >= 0.3 is 0 Å². The number of ether oxygens (including phenoxy) is 4. The minimum absolute atomic E-state index is 0.0305. The van der Waals surface area contributed by atoms with Crippen molar-refractivity contribution >= 4 is 0 Å². The van der Waals surface area contributed by atoms with Crippen LogP contribution in [0.4, 0.5) is 0 Å². The molecular formula is C21H38O14. The summed E-state index contributed by atoms with van der Waals surface area (Å²) in [6.07, 6.45) is -19.5. The summed E-state index contributed by atoms with van der Waals surface area (Å²) in [6.45, 7) is -0.582. The maximum Gasteiger partial charge on any atom is 0.186 e. The zero-order chi connectivity index (χ0) is 26.0. The quantitative estimate of drug-likeness (QED) is 0.146. The van der Waals surface area contributed by atoms with E-state index in [4.69, 9.17) is 18.9 Å². The van der Waals surface area contributed by atoms with Gasteiger partial charge in [0.05, 0.1) is 31.0 Å². The Hall–Kier alpha value is -0.560. The van der Waals surface area contributed by atoms with Gasteiger partial charge in [-0.1, -0.05) is 0 Å². The molecule has 0 aliphatic carbocycles. The molecule has 35 heavy (non-hydrogen) atoms. The van der Waals surface area contributed by atoms with E-state index in [1.54, 1.807) is 0 Å². The molecule has 0 radical (unpaired) electrons. The molecule has 0 spiro atoms. The Morgan fingerprint density at radius 2 is 0.771 bits per heavy atom. The van der Waals surface area contributed by atoms with Crippen molar-refractivity contribution in [1.82, 2.24) is 0 Å². The molecule has 0 aromatic rings. The second kappa shape index (κ2) is 12.3. The van der Waals surface area contributed by atoms with Crippen LogP contribution in [0.15, 0.2) is 0 Å². The van der Waals surface area contributed by atoms with Crippen molar-refractivity contribution in [2.75, 3.05) is 13.7 Å². The van der Waals surface area contributed by atoms with Gasteiger partial charge in [-0.2, -0.15) is 0 Å². The van der Waals surface area contributed by atoms with Gasteiger partial charge < -0.3 is 70.0 Å². The first-order valence-electron chi connectivity index (χ1n) is 11.7. The van der Waals surface area contributed by atoms with Gasteiger partial charge in [0.15, 0.2) is 6.29 Å². The first-order chi connectivity index (χ1) is 16.5. The van der Waals surface area contributed by atoms with Crippen LogP contribution in [0, 0.1) is 0 Å². The Bertz CT molecular complexity index is 600. The Morgan fingerprint density at radius 3 is 1.14 bits per heavy atom. The van der Waals surface area contributed by atoms with Crippen LogP contribution < -0.4 is 0 Å². The van der Waals surface area contributed by atoms with E-state index in [2.05, 4.69) is 0 Å². The second-order valence-electron chi connectivity index (χ2n) is 9.46. The maximum absolute atomic E-state index is 10.4. The molecule has 10 N–H and O–H groups in total. The van der Waals surface area contributed by atoms with Crippen molar-refractivity contribution in [2.24, 2.45) is 0 Å². The van der Waals surface area contributed by atoms with Crippen LogP contribution in [0.1, 0.15) is 25.7 Å². The monoisotopic (exact) mass is 514 g/mol. The van der Waals surface area contributed by atoms with E-state index in [-0.39, 0.29) is 25.7 Å². The maximum atomic E-state index is 10.4. The summed E-state index contributed by atoms with van der Waals surface area (Å²) in [5.41, 5.74) is 0. The van der Waals surface area contributed by atoms with E-state index in [1.807, 2.05) is 0 Å². The highest BCUT2D eigenvalue weighted by Crippen LogP contribution is 2.32. The van der Waals surface area contributed by atoms with Crippen molar-refractivity contribution in [2.45, 2.75) is 117 Å². The van der Waals surface area contributed by atoms with E-state index >= 15 is 0 Å². The van der Waals surface area contributed by atoms with Crippen LogP contribution in [0.25, 0.3) is 0 Å². The van der Waals surface area contributed by atoms with Crippen LogP contribution in [0.2, 0.25) is 0 Å². The highest BCUT2D eigenvalue weighted by molar-refractivity contribution is 4.96. The minimum atomic E-state index is -1.56. The third-order valence-electron chi connectivity index (χ3n) is 7.17. The van der Waals surface area contributed by atoms with Gasteiger partial charge in [0.1, 0.15) is 61.0 Å². The lowest BCUT2D eigenvalue weighted by Gasteiger charge is -2.44. The van der Waals surface area contributed by atoms with Crippen molar-refractivity contribution in [3.05, 3.63) is 0 Å². The lowest BCUT2D eigenvalue weighted by atomic mass is 9.87. The summed E-state index contributed by atoms with van der Waals surface area (Å²) in [5.74, 6) is 0. The molecule has 0 aromatic carbocycles. The highest BCUT2D eigenvalue weighted by atomic mass is 16.7. The zero-order valence-electron chi connectivity index (χ0n) is 19.3. The molecule has 3 rings (SSSR count). The van der Waals surface area contributed by atoms with E-state index < -0.39 is 98.4 Å². The van der Waals surface area contributed by atoms with E-state index in [1.165, 1.54) is 7.11 Å². The molecule has 0 aromatic heterocycles. The normalized spacial score (nSPS) is 51.3. The van der Waals surface area contributed by atoms with E-state index in [0.717, 1.165) is 0 Å². The Balaban J connectivity index is 1.59. The van der Waals surface area contributed by atoms with Gasteiger partial charge in [0.2, 0.25) is 0 Å². The highest BCUT2D eigenvalue weighted by Gasteiger charge is 2.48. The number of hydrogen-bond acceptors (Lipinski definition) is 14. The number of aliphatic hydroxyl groups excluding tert-OH is 10. The standard InChI is InChI=1S/C21H38O14/c1-32-21-20(31)19(30)15(26)10(35-21)5-4-8-13(24)17(28)12(23)7(33-8)2-3-9-14(25)18(29)16(27)11(6-22)34-9/h7-31H,2-6H2,1H3/t7-,8+,9+,10-,11-,12-,13+,14+,15-,16-,17+,18-,19+,20-,21+/m1/s1. The lowest BCUT2D eigenvalue weighted by molar-refractivity contribution is -0.293. The second-order valence-corrected chi connectivity index (χ2v) is 9.46. The Kier molecular flexibility index (Phi) is 10.2. The predicted octanol–water partition coefficient (Wildman–Crippen LogP) is -5.31. The minimum Gasteiger partial charge on any atom is -0.394 e. The molecule has 3 heterocycles. The Labute approximate surface area is 201 Å². The van der Waals surface area contributed by atoms with E-state index in [0.29, 0.717) is 0 Å². The van der Waals surface area contributed by atoms with Crippen molar-refractivity contribution in [3.8, 4) is 0 Å². The lowest BCUT2D eigenvalue weighted by Crippen LogP contribution is -2.60. The molecule has 0 amide bonds. The van der Waals surface area contributed by atoms with Crippen LogP contribution in [0.5, 0.6) is 0 Å². The summed E-state index contributed by atoms with van der Waals surface area (Å²) < 4.78 is 21.7. The molecule has 0 saturated carbocycles. The summed E-state index contributed by atoms with van der Waals surface area (Å²) in [5, 5.41) is 101. The molecule has 3 saturated heterocycles. The van der Waals surface area contributed by atoms with Crippen molar-refractivity contribution < 1.29 is 70.0 Å². The van der Waals surface area contributed by atoms with Crippen molar-refractivity contribution in [1.29, 1.82) is 0 Å². The molecule has 3 aliphatic heterocycles. The Morgan fingerprint density at radius 1 is 0.457 bits per heavy atom. The fourth-order valence-electron chi connectivity index (χ4n) is 4.93. The average molecular weight is 515 g/mol. The summed E-state index contributed by atoms with van der Waals surface area (Å²) in [4.78, 5) is 0. The number of rotatable bonds is 8. The van der Waals surface area contributed by atoms with Gasteiger partial charge in [0, 0.05) is 7.11 Å². The van der Waals surface area contributed by atoms with E-state index in [9.17, 15) is 51.1 Å². The van der Waals surface area contributed by atoms with Gasteiger partial charge in [-0.25, -0.2) is 0 Å². The summed E-state index contributed by atoms with van der Waals surface area (Å²) in [6, 6.07) is 0. The summed E-state index contributed by atoms with van der Waals surface area (Å²) >= 11 is 0. The average Bonchev–Trinajstić information content (AvgIpc) is 2.85. The molecule has 14 heteroatoms. The molecule has 0 unspecified atom stereocenters. The smallest absolute Gasteiger partial charge is 0.186 e. The van der Waals surface area contributed by atoms with Crippen molar-refractivity contribution in [3.63, 3.8) is 0 Å². The van der Waals surface area contributed by atoms with Crippen LogP contribution in [0.3, 0.4) is 0 Å². The third kappa shape index (κ3) is 6.13. The van der Waals surface area contributed by atoms with Crippen LogP contribution in [-0.4, -0.2) is 157 Å². The third-order valence-corrected chi connectivity index (χ3v) is 7.17. The molecule has 206 valence electrons. The molecule has 14 nitrogen and oxygen atoms in total. The first kappa shape index (κ1) is 29.0. The molecule has 3 aliphatic rings. The molecule has 0 bridgehead atoms. The predicted molar refractivity (Wildman–Crippen MR) is 113 cm³/mol. The number of hydrogen-bond donors (Lipinski definition) is 10. The molecule has 15 atom stereocenters. The van der Waals surface area contributed by atoms with Crippen LogP contribution >= 0.6 is 0 Å². The van der Waals surface area contributed by atoms with Gasteiger partial charge in [-0.15, -0.1) is 0 Å². The number of aliphatic hydroxyl groups is 10. The SMILES string of the molecule is CO[C@H]1O[C@H](CC[C@@H]2O[C@H](CC[C@@H]3O[C@H](CO)[C@@H](O)[C@H](O)[C@H]3O)[C@@H](O)[C@H](O)[C@H]2O)[C@@H](O)[C@H](O)[C@H]1O. The van der Waals surface area contributed by atoms with Gasteiger partial charge in [0.25, 0.3) is 0 Å². The number of methoxy groups -OCH3 is 1. The van der Waals surface area contributed by atoms with Gasteiger partial charge in [-0.3, -0.25) is 0 Å². The summed E-state index contributed by atoms with van der Waals surface area (Å²) in [7, 11) is 1.27.